The molecule has 2 heterocycles. The van der Waals surface area contributed by atoms with Crippen molar-refractivity contribution >= 4 is 23.9 Å². The Balaban J connectivity index is 1.87. The van der Waals surface area contributed by atoms with Crippen molar-refractivity contribution in [2.24, 2.45) is 0 Å². The maximum absolute atomic E-state index is 11.5. The van der Waals surface area contributed by atoms with E-state index in [4.69, 9.17) is 29.2 Å². The van der Waals surface area contributed by atoms with Crippen LogP contribution >= 0.6 is 0 Å². The highest BCUT2D eigenvalue weighted by atomic mass is 16.7. The van der Waals surface area contributed by atoms with Crippen molar-refractivity contribution in [3.63, 3.8) is 0 Å². The molecule has 130 valence electrons. The standard InChI is InChI=1S/C14H14O10/c15-9(16)1-3-11(19)23-7-5-21-14-8(6-22-13(7)14)24-12(20)4-2-10(17)18/h1-4,7-8,13-14H,5-6H2,(H,15,16)(H,17,18)/b3-1-,4-2+/t7-,8+,13-,14-/m1/s1. The summed E-state index contributed by atoms with van der Waals surface area (Å²) in [6.45, 7) is 0.00199. The third kappa shape index (κ3) is 4.64. The number of carbonyl (C=O) groups excluding carboxylic acids is 2. The zero-order chi connectivity index (χ0) is 17.7. The molecule has 2 saturated heterocycles. The quantitative estimate of drug-likeness (QED) is 0.450. The summed E-state index contributed by atoms with van der Waals surface area (Å²) in [5.74, 6) is -4.29. The van der Waals surface area contributed by atoms with Crippen LogP contribution in [0.5, 0.6) is 0 Å². The highest BCUT2D eigenvalue weighted by Gasteiger charge is 2.50. The molecule has 10 nitrogen and oxygen atoms in total. The van der Waals surface area contributed by atoms with Gasteiger partial charge in [0.05, 0.1) is 13.2 Å². The van der Waals surface area contributed by atoms with Gasteiger partial charge in [0, 0.05) is 24.3 Å². The molecule has 10 heteroatoms. The zero-order valence-electron chi connectivity index (χ0n) is 12.2. The van der Waals surface area contributed by atoms with Crippen LogP contribution in [0.1, 0.15) is 0 Å². The fourth-order valence-corrected chi connectivity index (χ4v) is 2.29. The molecule has 0 aromatic rings. The molecule has 0 saturated carbocycles. The molecule has 0 bridgehead atoms. The Morgan fingerprint density at radius 2 is 1.12 bits per heavy atom. The first-order valence-corrected chi connectivity index (χ1v) is 6.83. The number of ether oxygens (including phenoxy) is 4. The van der Waals surface area contributed by atoms with Gasteiger partial charge in [-0.05, 0) is 0 Å². The van der Waals surface area contributed by atoms with Gasteiger partial charge in [-0.3, -0.25) is 0 Å². The number of fused-ring (bicyclic) bond motifs is 1. The van der Waals surface area contributed by atoms with E-state index in [1.807, 2.05) is 0 Å². The van der Waals surface area contributed by atoms with Crippen LogP contribution in [-0.4, -0.2) is 71.7 Å². The van der Waals surface area contributed by atoms with Crippen LogP contribution in [0, 0.1) is 0 Å². The van der Waals surface area contributed by atoms with E-state index in [-0.39, 0.29) is 13.2 Å². The second-order valence-corrected chi connectivity index (χ2v) is 4.89. The highest BCUT2D eigenvalue weighted by Crippen LogP contribution is 2.30. The first-order chi connectivity index (χ1) is 11.4. The number of carboxylic acids is 2. The van der Waals surface area contributed by atoms with Crippen molar-refractivity contribution in [2.45, 2.75) is 24.4 Å². The molecule has 4 atom stereocenters. The Kier molecular flexibility index (Phi) is 5.66. The maximum atomic E-state index is 11.5. The van der Waals surface area contributed by atoms with E-state index in [0.29, 0.717) is 12.2 Å². The van der Waals surface area contributed by atoms with Crippen LogP contribution in [0.2, 0.25) is 0 Å². The lowest BCUT2D eigenvalue weighted by Crippen LogP contribution is -2.35. The van der Waals surface area contributed by atoms with Gasteiger partial charge in [0.1, 0.15) is 12.2 Å². The summed E-state index contributed by atoms with van der Waals surface area (Å²) < 4.78 is 20.9. The van der Waals surface area contributed by atoms with E-state index in [1.165, 1.54) is 0 Å². The average Bonchev–Trinajstić information content (AvgIpc) is 3.07. The second kappa shape index (κ2) is 7.70. The topological polar surface area (TPSA) is 146 Å². The van der Waals surface area contributed by atoms with Gasteiger partial charge in [0.15, 0.2) is 12.2 Å². The van der Waals surface area contributed by atoms with Crippen molar-refractivity contribution < 1.29 is 48.3 Å². The van der Waals surface area contributed by atoms with Crippen LogP contribution in [0.15, 0.2) is 24.3 Å². The molecule has 0 aromatic carbocycles. The Morgan fingerprint density at radius 1 is 0.750 bits per heavy atom. The lowest BCUT2D eigenvalue weighted by atomic mass is 10.1. The van der Waals surface area contributed by atoms with Crippen molar-refractivity contribution in [2.75, 3.05) is 13.2 Å². The van der Waals surface area contributed by atoms with E-state index in [1.54, 1.807) is 0 Å². The minimum absolute atomic E-state index is 0.000993. The van der Waals surface area contributed by atoms with Gasteiger partial charge in [0.25, 0.3) is 0 Å². The summed E-state index contributed by atoms with van der Waals surface area (Å²) in [6, 6.07) is 0. The third-order valence-corrected chi connectivity index (χ3v) is 3.22. The van der Waals surface area contributed by atoms with Crippen LogP contribution in [0.25, 0.3) is 0 Å². The fourth-order valence-electron chi connectivity index (χ4n) is 2.29. The molecule has 0 aliphatic carbocycles. The molecule has 2 aliphatic heterocycles. The summed E-state index contributed by atoms with van der Waals surface area (Å²) in [7, 11) is 0. The maximum Gasteiger partial charge on any atom is 0.331 e. The second-order valence-electron chi connectivity index (χ2n) is 4.89. The van der Waals surface area contributed by atoms with Crippen LogP contribution in [0.3, 0.4) is 0 Å². The molecule has 2 fully saturated rings. The molecular formula is C14H14O10. The molecule has 24 heavy (non-hydrogen) atoms. The van der Waals surface area contributed by atoms with Crippen molar-refractivity contribution in [1.82, 2.24) is 0 Å². The lowest BCUT2D eigenvalue weighted by molar-refractivity contribution is -0.149. The van der Waals surface area contributed by atoms with Gasteiger partial charge in [-0.15, -0.1) is 0 Å². The van der Waals surface area contributed by atoms with Crippen LogP contribution in [-0.2, 0) is 38.1 Å². The third-order valence-electron chi connectivity index (χ3n) is 3.22. The minimum Gasteiger partial charge on any atom is -0.478 e. The number of carbonyl (C=O) groups is 4. The molecule has 0 spiro atoms. The predicted molar refractivity (Wildman–Crippen MR) is 72.8 cm³/mol. The Morgan fingerprint density at radius 3 is 1.46 bits per heavy atom. The molecule has 2 rings (SSSR count). The molecule has 2 aliphatic rings. The van der Waals surface area contributed by atoms with Gasteiger partial charge < -0.3 is 29.2 Å². The van der Waals surface area contributed by atoms with Crippen LogP contribution in [0.4, 0.5) is 0 Å². The first-order valence-electron chi connectivity index (χ1n) is 6.83. The van der Waals surface area contributed by atoms with Gasteiger partial charge in [-0.25, -0.2) is 19.2 Å². The van der Waals surface area contributed by atoms with E-state index in [2.05, 4.69) is 0 Å². The van der Waals surface area contributed by atoms with Gasteiger partial charge >= 0.3 is 23.9 Å². The van der Waals surface area contributed by atoms with Crippen molar-refractivity contribution in [3.05, 3.63) is 24.3 Å². The molecule has 0 aromatic heterocycles. The molecular weight excluding hydrogens is 328 g/mol. The Hall–Kier alpha value is -2.72. The van der Waals surface area contributed by atoms with E-state index in [0.717, 1.165) is 12.2 Å². The van der Waals surface area contributed by atoms with E-state index < -0.39 is 48.3 Å². The minimum atomic E-state index is -1.29. The molecule has 2 N–H and O–H groups in total. The van der Waals surface area contributed by atoms with Crippen LogP contribution < -0.4 is 0 Å². The predicted octanol–water partition coefficient (Wildman–Crippen LogP) is -1.11. The Labute approximate surface area is 135 Å². The number of aliphatic carboxylic acids is 2. The van der Waals surface area contributed by atoms with Gasteiger partial charge in [-0.1, -0.05) is 0 Å². The molecule has 0 amide bonds. The van der Waals surface area contributed by atoms with Gasteiger partial charge in [0.2, 0.25) is 0 Å². The largest absolute Gasteiger partial charge is 0.478 e. The van der Waals surface area contributed by atoms with Crippen molar-refractivity contribution in [1.29, 1.82) is 0 Å². The first kappa shape index (κ1) is 17.6. The smallest absolute Gasteiger partial charge is 0.331 e. The average molecular weight is 342 g/mol. The monoisotopic (exact) mass is 342 g/mol. The number of rotatable bonds is 6. The Bertz CT molecular complexity index is 540. The summed E-state index contributed by atoms with van der Waals surface area (Å²) in [6.07, 6.45) is -0.0348. The van der Waals surface area contributed by atoms with E-state index >= 15 is 0 Å². The number of hydrogen-bond acceptors (Lipinski definition) is 8. The summed E-state index contributed by atoms with van der Waals surface area (Å²) in [5.41, 5.74) is 0. The summed E-state index contributed by atoms with van der Waals surface area (Å²) in [4.78, 5) is 43.6. The molecule has 0 radical (unpaired) electrons. The summed E-state index contributed by atoms with van der Waals surface area (Å²) >= 11 is 0. The normalized spacial score (nSPS) is 28.8. The summed E-state index contributed by atoms with van der Waals surface area (Å²) in [5, 5.41) is 16.9. The number of carboxylic acid groups (broad SMARTS) is 2. The lowest BCUT2D eigenvalue weighted by Gasteiger charge is -2.16. The fraction of sp³-hybridized carbons (Fsp3) is 0.429. The van der Waals surface area contributed by atoms with Crippen molar-refractivity contribution in [3.8, 4) is 0 Å². The van der Waals surface area contributed by atoms with E-state index in [9.17, 15) is 19.2 Å². The zero-order valence-corrected chi connectivity index (χ0v) is 12.2. The number of esters is 2. The number of hydrogen-bond donors (Lipinski definition) is 2. The molecule has 0 unspecified atom stereocenters. The highest BCUT2D eigenvalue weighted by molar-refractivity contribution is 5.91. The van der Waals surface area contributed by atoms with Gasteiger partial charge in [-0.2, -0.15) is 0 Å². The SMILES string of the molecule is O=C(O)/C=C\C(=O)O[C@@H]1CO[C@H]2[C@@H]1OC[C@@H]2OC(=O)/C=C/C(=O)O.